The van der Waals surface area contributed by atoms with E-state index in [4.69, 9.17) is 0 Å². The molecule has 0 bridgehead atoms. The first kappa shape index (κ1) is 11.4. The van der Waals surface area contributed by atoms with Gasteiger partial charge >= 0.3 is 6.03 Å². The number of aromatic nitrogens is 1. The Balaban J connectivity index is 2.15. The molecule has 1 fully saturated rings. The average Bonchev–Trinajstić information content (AvgIpc) is 2.56. The number of urea groups is 1. The van der Waals surface area contributed by atoms with Crippen LogP contribution in [-0.4, -0.2) is 47.4 Å². The fourth-order valence-electron chi connectivity index (χ4n) is 1.69. The molecule has 6 heteroatoms. The molecular weight excluding hydrogens is 220 g/mol. The first-order valence-corrected chi connectivity index (χ1v) is 5.31. The second kappa shape index (κ2) is 4.40. The van der Waals surface area contributed by atoms with Crippen LogP contribution in [0.2, 0.25) is 0 Å². The summed E-state index contributed by atoms with van der Waals surface area (Å²) in [6.07, 6.45) is 0. The predicted molar refractivity (Wildman–Crippen MR) is 62.4 cm³/mol. The lowest BCUT2D eigenvalue weighted by Gasteiger charge is -2.13. The van der Waals surface area contributed by atoms with Crippen molar-refractivity contribution in [3.63, 3.8) is 0 Å². The highest BCUT2D eigenvalue weighted by Gasteiger charge is 2.33. The van der Waals surface area contributed by atoms with Crippen LogP contribution < -0.4 is 5.32 Å². The number of hydrogen-bond acceptors (Lipinski definition) is 4. The van der Waals surface area contributed by atoms with Crippen LogP contribution in [0.5, 0.6) is 0 Å². The minimum atomic E-state index is -0.272. The minimum Gasteiger partial charge on any atom is -0.373 e. The fraction of sp³-hybridized carbons (Fsp3) is 0.364. The third kappa shape index (κ3) is 2.20. The molecule has 1 saturated heterocycles. The summed E-state index contributed by atoms with van der Waals surface area (Å²) in [4.78, 5) is 30.1. The van der Waals surface area contributed by atoms with Gasteiger partial charge in [-0.25, -0.2) is 9.78 Å². The van der Waals surface area contributed by atoms with Gasteiger partial charge in [-0.3, -0.25) is 9.69 Å². The number of pyridine rings is 1. The normalized spacial score (nSPS) is 15.6. The van der Waals surface area contributed by atoms with Gasteiger partial charge < -0.3 is 10.2 Å². The summed E-state index contributed by atoms with van der Waals surface area (Å²) in [7, 11) is 3.38. The van der Waals surface area contributed by atoms with Gasteiger partial charge in [0, 0.05) is 14.1 Å². The molecule has 0 spiro atoms. The molecule has 90 valence electrons. The number of nitrogens with zero attached hydrogens (tertiary/aromatic N) is 3. The van der Waals surface area contributed by atoms with E-state index in [2.05, 4.69) is 10.3 Å². The predicted octanol–water partition coefficient (Wildman–Crippen LogP) is 0.517. The molecule has 0 atom stereocenters. The van der Waals surface area contributed by atoms with Crippen LogP contribution in [-0.2, 0) is 11.3 Å². The molecule has 2 rings (SSSR count). The monoisotopic (exact) mass is 234 g/mol. The highest BCUT2D eigenvalue weighted by atomic mass is 16.2. The van der Waals surface area contributed by atoms with Crippen LogP contribution in [0.1, 0.15) is 5.69 Å². The van der Waals surface area contributed by atoms with Crippen molar-refractivity contribution in [3.05, 3.63) is 23.9 Å². The SMILES string of the molecule is CNc1cccc(CN2C(=O)CN(C)C2=O)n1. The van der Waals surface area contributed by atoms with Crippen molar-refractivity contribution in [2.75, 3.05) is 26.0 Å². The highest BCUT2D eigenvalue weighted by molar-refractivity contribution is 6.01. The second-order valence-electron chi connectivity index (χ2n) is 3.88. The van der Waals surface area contributed by atoms with E-state index in [1.165, 1.54) is 9.80 Å². The molecule has 1 aliphatic rings. The summed E-state index contributed by atoms with van der Waals surface area (Å²) in [6.45, 7) is 0.363. The molecular formula is C11H14N4O2. The van der Waals surface area contributed by atoms with Gasteiger partial charge in [-0.15, -0.1) is 0 Å². The van der Waals surface area contributed by atoms with E-state index in [-0.39, 0.29) is 25.0 Å². The number of hydrogen-bond donors (Lipinski definition) is 1. The van der Waals surface area contributed by atoms with Crippen LogP contribution in [0.15, 0.2) is 18.2 Å². The van der Waals surface area contributed by atoms with Crippen LogP contribution in [0.25, 0.3) is 0 Å². The second-order valence-corrected chi connectivity index (χ2v) is 3.88. The van der Waals surface area contributed by atoms with Gasteiger partial charge in [0.25, 0.3) is 5.91 Å². The van der Waals surface area contributed by atoms with Crippen LogP contribution >= 0.6 is 0 Å². The third-order valence-corrected chi connectivity index (χ3v) is 2.61. The lowest BCUT2D eigenvalue weighted by atomic mass is 10.3. The number of carbonyl (C=O) groups excluding carboxylic acids is 2. The van der Waals surface area contributed by atoms with Crippen molar-refractivity contribution in [1.29, 1.82) is 0 Å². The largest absolute Gasteiger partial charge is 0.373 e. The third-order valence-electron chi connectivity index (χ3n) is 2.61. The van der Waals surface area contributed by atoms with Crippen molar-refractivity contribution in [2.45, 2.75) is 6.54 Å². The Morgan fingerprint density at radius 1 is 1.41 bits per heavy atom. The minimum absolute atomic E-state index is 0.143. The molecule has 17 heavy (non-hydrogen) atoms. The van der Waals surface area contributed by atoms with E-state index in [0.29, 0.717) is 5.69 Å². The van der Waals surface area contributed by atoms with Crippen molar-refractivity contribution >= 4 is 17.8 Å². The zero-order valence-corrected chi connectivity index (χ0v) is 9.80. The van der Waals surface area contributed by atoms with Gasteiger partial charge in [-0.2, -0.15) is 0 Å². The van der Waals surface area contributed by atoms with E-state index >= 15 is 0 Å². The maximum absolute atomic E-state index is 11.7. The lowest BCUT2D eigenvalue weighted by Crippen LogP contribution is -2.31. The Labute approximate surface area is 99.2 Å². The Hall–Kier alpha value is -2.11. The molecule has 0 saturated carbocycles. The van der Waals surface area contributed by atoms with E-state index in [1.807, 2.05) is 12.1 Å². The number of carbonyl (C=O) groups is 2. The quantitative estimate of drug-likeness (QED) is 0.774. The number of anilines is 1. The van der Waals surface area contributed by atoms with Gasteiger partial charge in [-0.05, 0) is 12.1 Å². The zero-order chi connectivity index (χ0) is 12.4. The van der Waals surface area contributed by atoms with Crippen molar-refractivity contribution in [2.24, 2.45) is 0 Å². The van der Waals surface area contributed by atoms with Crippen LogP contribution in [0.4, 0.5) is 10.6 Å². The summed E-state index contributed by atoms with van der Waals surface area (Å²) in [5.74, 6) is 0.532. The molecule has 0 radical (unpaired) electrons. The maximum atomic E-state index is 11.7. The van der Waals surface area contributed by atoms with E-state index in [9.17, 15) is 9.59 Å². The Morgan fingerprint density at radius 2 is 2.18 bits per heavy atom. The number of imide groups is 1. The summed E-state index contributed by atoms with van der Waals surface area (Å²) < 4.78 is 0. The maximum Gasteiger partial charge on any atom is 0.327 e. The van der Waals surface area contributed by atoms with Crippen LogP contribution in [0.3, 0.4) is 0 Å². The topological polar surface area (TPSA) is 65.5 Å². The average molecular weight is 234 g/mol. The number of rotatable bonds is 3. The van der Waals surface area contributed by atoms with E-state index < -0.39 is 0 Å². The van der Waals surface area contributed by atoms with Crippen molar-refractivity contribution in [3.8, 4) is 0 Å². The first-order valence-electron chi connectivity index (χ1n) is 5.31. The standard InChI is InChI=1S/C11H14N4O2/c1-12-9-5-3-4-8(13-9)6-15-10(16)7-14(2)11(15)17/h3-5H,6-7H2,1-2H3,(H,12,13). The summed E-state index contributed by atoms with van der Waals surface area (Å²) >= 11 is 0. The van der Waals surface area contributed by atoms with Gasteiger partial charge in [0.1, 0.15) is 12.4 Å². The molecule has 3 amide bonds. The fourth-order valence-corrected chi connectivity index (χ4v) is 1.69. The number of likely N-dealkylation sites (N-methyl/N-ethyl adjacent to an activating group) is 1. The van der Waals surface area contributed by atoms with Gasteiger partial charge in [0.2, 0.25) is 0 Å². The molecule has 1 aromatic rings. The van der Waals surface area contributed by atoms with Crippen molar-refractivity contribution < 1.29 is 9.59 Å². The zero-order valence-electron chi connectivity index (χ0n) is 9.80. The molecule has 0 aliphatic carbocycles. The van der Waals surface area contributed by atoms with Gasteiger partial charge in [0.05, 0.1) is 12.2 Å². The smallest absolute Gasteiger partial charge is 0.327 e. The molecule has 6 nitrogen and oxygen atoms in total. The molecule has 1 aliphatic heterocycles. The highest BCUT2D eigenvalue weighted by Crippen LogP contribution is 2.13. The summed E-state index contributed by atoms with van der Waals surface area (Å²) in [5, 5.41) is 2.91. The Kier molecular flexibility index (Phi) is 2.95. The Bertz CT molecular complexity index is 461. The Morgan fingerprint density at radius 3 is 2.76 bits per heavy atom. The lowest BCUT2D eigenvalue weighted by molar-refractivity contribution is -0.125. The molecule has 1 N–H and O–H groups in total. The van der Waals surface area contributed by atoms with Crippen molar-refractivity contribution in [1.82, 2.24) is 14.8 Å². The van der Waals surface area contributed by atoms with E-state index in [1.54, 1.807) is 20.2 Å². The molecule has 2 heterocycles. The van der Waals surface area contributed by atoms with E-state index in [0.717, 1.165) is 5.82 Å². The first-order chi connectivity index (χ1) is 8.11. The molecule has 1 aromatic heterocycles. The summed E-state index contributed by atoms with van der Waals surface area (Å²) in [6, 6.07) is 5.18. The van der Waals surface area contributed by atoms with Gasteiger partial charge in [0.15, 0.2) is 0 Å². The molecule has 0 unspecified atom stereocenters. The number of amides is 3. The van der Waals surface area contributed by atoms with Crippen LogP contribution in [0, 0.1) is 0 Å². The molecule has 0 aromatic carbocycles. The number of nitrogens with one attached hydrogen (secondary N) is 1. The van der Waals surface area contributed by atoms with Gasteiger partial charge in [-0.1, -0.05) is 6.07 Å². The summed E-state index contributed by atoms with van der Waals surface area (Å²) in [5.41, 5.74) is 0.689.